The lowest BCUT2D eigenvalue weighted by molar-refractivity contribution is -0.174. The summed E-state index contributed by atoms with van der Waals surface area (Å²) in [4.78, 5) is 32.0. The highest BCUT2D eigenvalue weighted by atomic mass is 19.4. The molecule has 0 radical (unpaired) electrons. The number of amides is 2. The van der Waals surface area contributed by atoms with Gasteiger partial charge in [-0.15, -0.1) is 0 Å². The van der Waals surface area contributed by atoms with Crippen LogP contribution in [0.25, 0.3) is 0 Å². The minimum absolute atomic E-state index is 0.242. The Hall–Kier alpha value is -1.80. The van der Waals surface area contributed by atoms with Gasteiger partial charge in [0.05, 0.1) is 6.54 Å². The molecule has 0 aromatic carbocycles. The first-order chi connectivity index (χ1) is 9.55. The summed E-state index contributed by atoms with van der Waals surface area (Å²) in [6, 6.07) is 0. The number of nitrogens with one attached hydrogen (secondary N) is 1. The zero-order chi connectivity index (χ0) is 16.4. The minimum Gasteiger partial charge on any atom is -0.483 e. The number of halogens is 3. The van der Waals surface area contributed by atoms with Crippen LogP contribution in [0.15, 0.2) is 0 Å². The third kappa shape index (κ3) is 3.85. The van der Waals surface area contributed by atoms with Crippen molar-refractivity contribution in [3.8, 4) is 0 Å². The molecule has 120 valence electrons. The fraction of sp³-hybridized carbons (Fsp3) is 0.750. The van der Waals surface area contributed by atoms with E-state index in [0.29, 0.717) is 24.9 Å². The molecular formula is C12H17F3N2O4. The van der Waals surface area contributed by atoms with Crippen LogP contribution in [-0.4, -0.2) is 54.1 Å². The number of carbonyl (C=O) groups excluding carboxylic acids is 2. The largest absolute Gasteiger partial charge is 0.483 e. The molecule has 6 nitrogen and oxygen atoms in total. The fourth-order valence-corrected chi connectivity index (χ4v) is 2.70. The molecule has 0 bridgehead atoms. The van der Waals surface area contributed by atoms with E-state index in [0.717, 1.165) is 0 Å². The van der Waals surface area contributed by atoms with E-state index in [-0.39, 0.29) is 11.9 Å². The van der Waals surface area contributed by atoms with Crippen LogP contribution in [0.3, 0.4) is 0 Å². The van der Waals surface area contributed by atoms with E-state index in [1.54, 1.807) is 5.32 Å². The van der Waals surface area contributed by atoms with Gasteiger partial charge in [0.25, 0.3) is 6.47 Å². The number of rotatable bonds is 2. The Labute approximate surface area is 119 Å². The Morgan fingerprint density at radius 2 is 1.76 bits per heavy atom. The number of carbonyl (C=O) groups is 3. The van der Waals surface area contributed by atoms with Crippen molar-refractivity contribution in [2.75, 3.05) is 19.6 Å². The highest BCUT2D eigenvalue weighted by Gasteiger charge is 2.62. The molecule has 1 heterocycles. The Kier molecular flexibility index (Phi) is 4.85. The molecule has 0 spiro atoms. The maximum absolute atomic E-state index is 11.9. The van der Waals surface area contributed by atoms with Gasteiger partial charge >= 0.3 is 12.1 Å². The molecule has 2 rings (SSSR count). The van der Waals surface area contributed by atoms with Gasteiger partial charge in [-0.25, -0.2) is 0 Å². The summed E-state index contributed by atoms with van der Waals surface area (Å²) >= 11 is 0. The normalized spacial score (nSPS) is 25.3. The van der Waals surface area contributed by atoms with Gasteiger partial charge in [-0.1, -0.05) is 13.8 Å². The van der Waals surface area contributed by atoms with E-state index in [2.05, 4.69) is 13.8 Å². The lowest BCUT2D eigenvalue weighted by Gasteiger charge is -2.22. The van der Waals surface area contributed by atoms with Gasteiger partial charge in [-0.3, -0.25) is 14.4 Å². The van der Waals surface area contributed by atoms with Crippen molar-refractivity contribution >= 4 is 18.3 Å². The summed E-state index contributed by atoms with van der Waals surface area (Å²) in [5.41, 5.74) is 0.242. The molecule has 1 saturated heterocycles. The first-order valence-corrected chi connectivity index (χ1v) is 6.26. The number of fused-ring (bicyclic) bond motifs is 1. The smallest absolute Gasteiger partial charge is 0.471 e. The number of piperidine rings is 1. The molecule has 2 atom stereocenters. The van der Waals surface area contributed by atoms with Crippen LogP contribution in [0.1, 0.15) is 13.8 Å². The van der Waals surface area contributed by atoms with Gasteiger partial charge in [-0.05, 0) is 17.3 Å². The van der Waals surface area contributed by atoms with E-state index >= 15 is 0 Å². The Morgan fingerprint density at radius 3 is 2.14 bits per heavy atom. The topological polar surface area (TPSA) is 86.7 Å². The van der Waals surface area contributed by atoms with Crippen molar-refractivity contribution in [3.05, 3.63) is 0 Å². The first-order valence-electron chi connectivity index (χ1n) is 6.26. The third-order valence-corrected chi connectivity index (χ3v) is 4.13. The van der Waals surface area contributed by atoms with Gasteiger partial charge in [0.15, 0.2) is 0 Å². The van der Waals surface area contributed by atoms with Crippen LogP contribution in [-0.2, 0) is 14.4 Å². The van der Waals surface area contributed by atoms with Gasteiger partial charge < -0.3 is 15.3 Å². The van der Waals surface area contributed by atoms with Crippen molar-refractivity contribution in [2.24, 2.45) is 17.3 Å². The number of carboxylic acid groups (broad SMARTS) is 1. The van der Waals surface area contributed by atoms with E-state index in [4.69, 9.17) is 9.90 Å². The van der Waals surface area contributed by atoms with E-state index in [1.165, 1.54) is 4.90 Å². The van der Waals surface area contributed by atoms with E-state index < -0.39 is 24.5 Å². The van der Waals surface area contributed by atoms with Crippen LogP contribution in [0, 0.1) is 17.3 Å². The second-order valence-electron chi connectivity index (χ2n) is 5.62. The molecular weight excluding hydrogens is 293 g/mol. The molecule has 2 aliphatic rings. The number of hydrogen-bond acceptors (Lipinski definition) is 3. The summed E-state index contributed by atoms with van der Waals surface area (Å²) < 4.78 is 35.7. The van der Waals surface area contributed by atoms with Gasteiger partial charge in [0.1, 0.15) is 0 Å². The molecule has 21 heavy (non-hydrogen) atoms. The number of alkyl halides is 3. The zero-order valence-corrected chi connectivity index (χ0v) is 11.6. The third-order valence-electron chi connectivity index (χ3n) is 4.13. The van der Waals surface area contributed by atoms with Crippen molar-refractivity contribution in [1.29, 1.82) is 0 Å². The maximum Gasteiger partial charge on any atom is 0.471 e. The van der Waals surface area contributed by atoms with Gasteiger partial charge in [-0.2, -0.15) is 13.2 Å². The predicted octanol–water partition coefficient (Wildman–Crippen LogP) is 0.480. The molecule has 2 amide bonds. The van der Waals surface area contributed by atoms with Crippen LogP contribution in [0.5, 0.6) is 0 Å². The van der Waals surface area contributed by atoms with Crippen molar-refractivity contribution in [1.82, 2.24) is 10.2 Å². The second kappa shape index (κ2) is 5.90. The Balaban J connectivity index is 0.000000677. The molecule has 9 heteroatoms. The van der Waals surface area contributed by atoms with Crippen LogP contribution in [0.2, 0.25) is 0 Å². The highest BCUT2D eigenvalue weighted by Crippen LogP contribution is 2.61. The van der Waals surface area contributed by atoms with E-state index in [9.17, 15) is 22.8 Å². The summed E-state index contributed by atoms with van der Waals surface area (Å²) in [6.07, 6.45) is -4.94. The van der Waals surface area contributed by atoms with Crippen LogP contribution < -0.4 is 5.32 Å². The molecule has 1 aliphatic carbocycles. The summed E-state index contributed by atoms with van der Waals surface area (Å²) in [6.45, 7) is 4.57. The number of hydrogen-bond donors (Lipinski definition) is 2. The average Bonchev–Trinajstić information content (AvgIpc) is 2.77. The second-order valence-corrected chi connectivity index (χ2v) is 5.62. The lowest BCUT2D eigenvalue weighted by Crippen LogP contribution is -2.44. The molecule has 1 aliphatic heterocycles. The summed E-state index contributed by atoms with van der Waals surface area (Å²) in [5, 5.41) is 8.48. The predicted molar refractivity (Wildman–Crippen MR) is 65.1 cm³/mol. The lowest BCUT2D eigenvalue weighted by atomic mass is 10.1. The quantitative estimate of drug-likeness (QED) is 0.726. The Morgan fingerprint density at radius 1 is 1.33 bits per heavy atom. The molecule has 2 unspecified atom stereocenters. The Bertz CT molecular complexity index is 423. The monoisotopic (exact) mass is 310 g/mol. The molecule has 0 aromatic heterocycles. The SMILES string of the molecule is CC1(C)C2CN(C(=O)CNC(=O)C(F)(F)F)CC21.O=CO. The highest BCUT2D eigenvalue weighted by molar-refractivity contribution is 5.87. The molecule has 0 aromatic rings. The fourth-order valence-electron chi connectivity index (χ4n) is 2.70. The van der Waals surface area contributed by atoms with Crippen LogP contribution >= 0.6 is 0 Å². The minimum atomic E-state index is -4.94. The molecule has 2 fully saturated rings. The van der Waals surface area contributed by atoms with Crippen molar-refractivity contribution < 1.29 is 32.7 Å². The average molecular weight is 310 g/mol. The maximum atomic E-state index is 11.9. The van der Waals surface area contributed by atoms with Crippen LogP contribution in [0.4, 0.5) is 13.2 Å². The first kappa shape index (κ1) is 17.3. The van der Waals surface area contributed by atoms with Crippen molar-refractivity contribution in [3.63, 3.8) is 0 Å². The van der Waals surface area contributed by atoms with Gasteiger partial charge in [0, 0.05) is 13.1 Å². The van der Waals surface area contributed by atoms with Crippen molar-refractivity contribution in [2.45, 2.75) is 20.0 Å². The van der Waals surface area contributed by atoms with Gasteiger partial charge in [0.2, 0.25) is 5.91 Å². The molecule has 1 saturated carbocycles. The zero-order valence-electron chi connectivity index (χ0n) is 11.6. The summed E-state index contributed by atoms with van der Waals surface area (Å²) in [7, 11) is 0. The molecule has 2 N–H and O–H groups in total. The number of likely N-dealkylation sites (tertiary alicyclic amines) is 1. The standard InChI is InChI=1S/C11H15F3N2O2.CH2O2/c1-10(2)6-4-16(5-7(6)10)8(17)3-15-9(18)11(12,13)14;2-1-3/h6-7H,3-5H2,1-2H3,(H,15,18);1H,(H,2,3). The summed E-state index contributed by atoms with van der Waals surface area (Å²) in [5.74, 6) is -1.63. The number of nitrogens with zero attached hydrogens (tertiary/aromatic N) is 1. The van der Waals surface area contributed by atoms with E-state index in [1.807, 2.05) is 0 Å².